The van der Waals surface area contributed by atoms with E-state index in [1.807, 2.05) is 31.2 Å². The highest BCUT2D eigenvalue weighted by atomic mass is 16.5. The first-order chi connectivity index (χ1) is 10.6. The number of aromatic amines is 1. The molecule has 3 N–H and O–H groups in total. The minimum atomic E-state index is -0.0650. The van der Waals surface area contributed by atoms with Gasteiger partial charge in [-0.15, -0.1) is 0 Å². The van der Waals surface area contributed by atoms with E-state index in [9.17, 15) is 4.79 Å². The van der Waals surface area contributed by atoms with Gasteiger partial charge in [-0.25, -0.2) is 0 Å². The van der Waals surface area contributed by atoms with Gasteiger partial charge in [0, 0.05) is 30.7 Å². The zero-order valence-electron chi connectivity index (χ0n) is 12.9. The molecule has 1 saturated heterocycles. The summed E-state index contributed by atoms with van der Waals surface area (Å²) in [5, 5.41) is 1.60. The largest absolute Gasteiger partial charge is 0.489 e. The number of benzene rings is 1. The highest BCUT2D eigenvalue weighted by molar-refractivity contribution is 5.82. The number of likely N-dealkylation sites (tertiary alicyclic amines) is 1. The molecular weight excluding hydrogens is 278 g/mol. The normalized spacial score (nSPS) is 20.9. The van der Waals surface area contributed by atoms with Crippen LogP contribution in [-0.2, 0) is 0 Å². The molecule has 2 atom stereocenters. The molecule has 2 unspecified atom stereocenters. The quantitative estimate of drug-likeness (QED) is 0.902. The number of H-pyrrole nitrogens is 1. The summed E-state index contributed by atoms with van der Waals surface area (Å²) in [7, 11) is 0. The van der Waals surface area contributed by atoms with Crippen LogP contribution in [0.3, 0.4) is 0 Å². The zero-order valence-corrected chi connectivity index (χ0v) is 12.9. The maximum Gasteiger partial charge on any atom is 0.255 e. The molecule has 118 valence electrons. The van der Waals surface area contributed by atoms with E-state index in [-0.39, 0.29) is 17.7 Å². The van der Waals surface area contributed by atoms with Gasteiger partial charge in [-0.05, 0) is 56.0 Å². The van der Waals surface area contributed by atoms with Crippen molar-refractivity contribution in [1.82, 2.24) is 9.88 Å². The zero-order chi connectivity index (χ0) is 15.5. The molecular formula is C17H23N3O2. The lowest BCUT2D eigenvalue weighted by atomic mass is 10.1. The minimum Gasteiger partial charge on any atom is -0.489 e. The fourth-order valence-corrected chi connectivity index (χ4v) is 3.12. The van der Waals surface area contributed by atoms with Crippen LogP contribution in [0.4, 0.5) is 0 Å². The fourth-order valence-electron chi connectivity index (χ4n) is 3.12. The molecule has 0 aliphatic carbocycles. The van der Waals surface area contributed by atoms with E-state index < -0.39 is 0 Å². The summed E-state index contributed by atoms with van der Waals surface area (Å²) in [5.41, 5.74) is 5.82. The predicted molar refractivity (Wildman–Crippen MR) is 88.3 cm³/mol. The van der Waals surface area contributed by atoms with Gasteiger partial charge >= 0.3 is 0 Å². The summed E-state index contributed by atoms with van der Waals surface area (Å²) in [4.78, 5) is 16.8. The number of fused-ring (bicyclic) bond motifs is 1. The van der Waals surface area contributed by atoms with Gasteiger partial charge in [-0.1, -0.05) is 0 Å². The van der Waals surface area contributed by atoms with E-state index in [4.69, 9.17) is 10.5 Å². The van der Waals surface area contributed by atoms with E-state index in [1.54, 1.807) is 6.20 Å². The molecule has 1 fully saturated rings. The molecule has 2 aromatic rings. The lowest BCUT2D eigenvalue weighted by Gasteiger charge is -2.33. The summed E-state index contributed by atoms with van der Waals surface area (Å²) in [5.74, 6) is 0.825. The van der Waals surface area contributed by atoms with Crippen molar-refractivity contribution in [3.63, 3.8) is 0 Å². The SMILES string of the molecule is CC(N)CN1CCCC(Oc2ccc3c(=O)[nH]ccc3c2)C1. The molecule has 22 heavy (non-hydrogen) atoms. The molecule has 3 rings (SSSR count). The Balaban J connectivity index is 1.71. The van der Waals surface area contributed by atoms with Crippen LogP contribution in [-0.4, -0.2) is 41.7 Å². The van der Waals surface area contributed by atoms with E-state index >= 15 is 0 Å². The first-order valence-electron chi connectivity index (χ1n) is 7.88. The Hall–Kier alpha value is -1.85. The van der Waals surface area contributed by atoms with Crippen molar-refractivity contribution in [3.8, 4) is 5.75 Å². The Labute approximate surface area is 130 Å². The number of nitrogens with one attached hydrogen (secondary N) is 1. The number of hydrogen-bond acceptors (Lipinski definition) is 4. The predicted octanol–water partition coefficient (Wildman–Crippen LogP) is 1.72. The fraction of sp³-hybridized carbons (Fsp3) is 0.471. The minimum absolute atomic E-state index is 0.0650. The van der Waals surface area contributed by atoms with Gasteiger partial charge < -0.3 is 15.5 Å². The Morgan fingerprint density at radius 3 is 3.14 bits per heavy atom. The average molecular weight is 301 g/mol. The Morgan fingerprint density at radius 2 is 2.32 bits per heavy atom. The third-order valence-electron chi connectivity index (χ3n) is 4.06. The summed E-state index contributed by atoms with van der Waals surface area (Å²) < 4.78 is 6.12. The molecule has 1 aromatic carbocycles. The molecule has 5 nitrogen and oxygen atoms in total. The average Bonchev–Trinajstić information content (AvgIpc) is 2.47. The molecule has 0 bridgehead atoms. The number of rotatable bonds is 4. The Bertz CT molecular complexity index is 696. The molecule has 2 heterocycles. The van der Waals surface area contributed by atoms with Crippen LogP contribution in [0.15, 0.2) is 35.3 Å². The number of aromatic nitrogens is 1. The van der Waals surface area contributed by atoms with Gasteiger partial charge in [-0.3, -0.25) is 9.69 Å². The summed E-state index contributed by atoms with van der Waals surface area (Å²) in [6, 6.07) is 7.72. The lowest BCUT2D eigenvalue weighted by Crippen LogP contribution is -2.45. The van der Waals surface area contributed by atoms with E-state index in [0.717, 1.165) is 43.6 Å². The molecule has 0 saturated carbocycles. The number of hydrogen-bond donors (Lipinski definition) is 2. The molecule has 1 aliphatic rings. The highest BCUT2D eigenvalue weighted by Crippen LogP contribution is 2.22. The van der Waals surface area contributed by atoms with Gasteiger partial charge in [0.1, 0.15) is 11.9 Å². The van der Waals surface area contributed by atoms with E-state index in [2.05, 4.69) is 9.88 Å². The number of nitrogens with two attached hydrogens (primary N) is 1. The number of nitrogens with zero attached hydrogens (tertiary/aromatic N) is 1. The summed E-state index contributed by atoms with van der Waals surface area (Å²) in [6.45, 7) is 4.95. The second kappa shape index (κ2) is 6.50. The first kappa shape index (κ1) is 15.1. The second-order valence-corrected chi connectivity index (χ2v) is 6.17. The van der Waals surface area contributed by atoms with E-state index in [1.165, 1.54) is 0 Å². The third kappa shape index (κ3) is 3.48. The molecule has 1 aromatic heterocycles. The maximum atomic E-state index is 11.7. The van der Waals surface area contributed by atoms with Crippen molar-refractivity contribution in [3.05, 3.63) is 40.8 Å². The molecule has 0 amide bonds. The van der Waals surface area contributed by atoms with Gasteiger partial charge in [-0.2, -0.15) is 0 Å². The number of ether oxygens (including phenoxy) is 1. The van der Waals surface area contributed by atoms with Crippen LogP contribution >= 0.6 is 0 Å². The van der Waals surface area contributed by atoms with Crippen molar-refractivity contribution in [1.29, 1.82) is 0 Å². The standard InChI is InChI=1S/C17H23N3O2/c1-12(18)10-20-8-2-3-15(11-20)22-14-4-5-16-13(9-14)6-7-19-17(16)21/h4-7,9,12,15H,2-3,8,10-11,18H2,1H3,(H,19,21). The molecule has 5 heteroatoms. The number of piperidine rings is 1. The van der Waals surface area contributed by atoms with Gasteiger partial charge in [0.2, 0.25) is 0 Å². The van der Waals surface area contributed by atoms with Gasteiger partial charge in [0.15, 0.2) is 0 Å². The van der Waals surface area contributed by atoms with Crippen LogP contribution in [0.5, 0.6) is 5.75 Å². The number of pyridine rings is 1. The topological polar surface area (TPSA) is 71.3 Å². The highest BCUT2D eigenvalue weighted by Gasteiger charge is 2.21. The second-order valence-electron chi connectivity index (χ2n) is 6.17. The molecule has 1 aliphatic heterocycles. The van der Waals surface area contributed by atoms with Crippen molar-refractivity contribution >= 4 is 10.8 Å². The molecule has 0 radical (unpaired) electrons. The molecule has 0 spiro atoms. The van der Waals surface area contributed by atoms with Crippen molar-refractivity contribution < 1.29 is 4.74 Å². The monoisotopic (exact) mass is 301 g/mol. The van der Waals surface area contributed by atoms with Crippen molar-refractivity contribution in [2.45, 2.75) is 31.9 Å². The summed E-state index contributed by atoms with van der Waals surface area (Å²) in [6.07, 6.45) is 4.04. The van der Waals surface area contributed by atoms with Crippen LogP contribution in [0.2, 0.25) is 0 Å². The van der Waals surface area contributed by atoms with Crippen molar-refractivity contribution in [2.75, 3.05) is 19.6 Å². The Morgan fingerprint density at radius 1 is 1.45 bits per heavy atom. The van der Waals surface area contributed by atoms with Crippen LogP contribution < -0.4 is 16.0 Å². The van der Waals surface area contributed by atoms with E-state index in [0.29, 0.717) is 5.39 Å². The first-order valence-corrected chi connectivity index (χ1v) is 7.88. The van der Waals surface area contributed by atoms with Gasteiger partial charge in [0.05, 0.1) is 0 Å². The van der Waals surface area contributed by atoms with Crippen molar-refractivity contribution in [2.24, 2.45) is 5.73 Å². The maximum absolute atomic E-state index is 11.7. The van der Waals surface area contributed by atoms with Crippen LogP contribution in [0.1, 0.15) is 19.8 Å². The lowest BCUT2D eigenvalue weighted by molar-refractivity contribution is 0.0861. The summed E-state index contributed by atoms with van der Waals surface area (Å²) >= 11 is 0. The van der Waals surface area contributed by atoms with Gasteiger partial charge in [0.25, 0.3) is 5.56 Å². The van der Waals surface area contributed by atoms with Crippen LogP contribution in [0.25, 0.3) is 10.8 Å². The third-order valence-corrected chi connectivity index (χ3v) is 4.06. The van der Waals surface area contributed by atoms with Crippen LogP contribution in [0, 0.1) is 0 Å². The Kier molecular flexibility index (Phi) is 4.45. The smallest absolute Gasteiger partial charge is 0.255 e.